The molecule has 0 aromatic heterocycles. The van der Waals surface area contributed by atoms with Crippen LogP contribution in [0.1, 0.15) is 59.3 Å². The summed E-state index contributed by atoms with van der Waals surface area (Å²) in [5.41, 5.74) is 0. The maximum Gasteiger partial charge on any atom is -0.0417 e. The fourth-order valence-corrected chi connectivity index (χ4v) is 1.42. The molecule has 0 aromatic rings. The number of hydrogen-bond acceptors (Lipinski definition) is 0. The van der Waals surface area contributed by atoms with Crippen LogP contribution in [0.15, 0.2) is 0 Å². The van der Waals surface area contributed by atoms with E-state index in [9.17, 15) is 0 Å². The van der Waals surface area contributed by atoms with E-state index in [1.54, 1.807) is 0 Å². The van der Waals surface area contributed by atoms with Crippen LogP contribution in [-0.2, 0) is 0 Å². The molecule has 0 saturated heterocycles. The van der Waals surface area contributed by atoms with Gasteiger partial charge in [-0.3, -0.25) is 0 Å². The molecule has 0 heterocycles. The first-order chi connectivity index (χ1) is 4.85. The summed E-state index contributed by atoms with van der Waals surface area (Å²) < 4.78 is 0. The molecule has 1 rings (SSSR count). The lowest BCUT2D eigenvalue weighted by Crippen LogP contribution is -1.86. The lowest BCUT2D eigenvalue weighted by atomic mass is 10.1. The minimum absolute atomic E-state index is 1.10. The predicted octanol–water partition coefficient (Wildman–Crippen LogP) is 4.00. The molecule has 0 aromatic carbocycles. The molecule has 62 valence electrons. The van der Waals surface area contributed by atoms with Crippen molar-refractivity contribution >= 4 is 0 Å². The van der Waals surface area contributed by atoms with Crippen molar-refractivity contribution in [3.8, 4) is 0 Å². The standard InChI is InChI=1S/C7H14.C3H8/c1-2-7-5-3-4-6-7;1-3-2/h7H,2-6H2,1H3;3H2,1-2H3. The van der Waals surface area contributed by atoms with Crippen LogP contribution in [0.4, 0.5) is 0 Å². The van der Waals surface area contributed by atoms with Crippen LogP contribution in [0.2, 0.25) is 0 Å². The van der Waals surface area contributed by atoms with Crippen molar-refractivity contribution in [3.05, 3.63) is 0 Å². The van der Waals surface area contributed by atoms with Crippen molar-refractivity contribution in [2.45, 2.75) is 59.3 Å². The van der Waals surface area contributed by atoms with Gasteiger partial charge in [0.15, 0.2) is 0 Å². The molecule has 1 fully saturated rings. The van der Waals surface area contributed by atoms with Crippen molar-refractivity contribution < 1.29 is 0 Å². The maximum atomic E-state index is 2.30. The van der Waals surface area contributed by atoms with Crippen LogP contribution >= 0.6 is 0 Å². The highest BCUT2D eigenvalue weighted by atomic mass is 14.2. The summed E-state index contributed by atoms with van der Waals surface area (Å²) >= 11 is 0. The average Bonchev–Trinajstić information content (AvgIpc) is 2.39. The molecule has 0 amide bonds. The van der Waals surface area contributed by atoms with Gasteiger partial charge in [0.1, 0.15) is 0 Å². The molecule has 0 radical (unpaired) electrons. The van der Waals surface area contributed by atoms with E-state index in [0.29, 0.717) is 0 Å². The Morgan fingerprint density at radius 1 is 1.00 bits per heavy atom. The SMILES string of the molecule is CCC.CCC1CCCC1. The van der Waals surface area contributed by atoms with E-state index in [-0.39, 0.29) is 0 Å². The Bertz CT molecular complexity index is 51.1. The first-order valence-electron chi connectivity index (χ1n) is 4.85. The Kier molecular flexibility index (Phi) is 7.11. The van der Waals surface area contributed by atoms with Gasteiger partial charge in [-0.2, -0.15) is 0 Å². The Morgan fingerprint density at radius 3 is 1.60 bits per heavy atom. The lowest BCUT2D eigenvalue weighted by molar-refractivity contribution is 0.531. The zero-order valence-electron chi connectivity index (χ0n) is 7.82. The first-order valence-corrected chi connectivity index (χ1v) is 4.85. The minimum atomic E-state index is 1.10. The van der Waals surface area contributed by atoms with Crippen LogP contribution in [0.3, 0.4) is 0 Å². The van der Waals surface area contributed by atoms with Crippen LogP contribution in [-0.4, -0.2) is 0 Å². The Balaban J connectivity index is 0.000000236. The molecule has 0 N–H and O–H groups in total. The van der Waals surface area contributed by atoms with Gasteiger partial charge < -0.3 is 0 Å². The van der Waals surface area contributed by atoms with Gasteiger partial charge in [-0.25, -0.2) is 0 Å². The summed E-state index contributed by atoms with van der Waals surface area (Å²) in [6.45, 7) is 6.55. The molecule has 0 nitrogen and oxygen atoms in total. The third-order valence-corrected chi connectivity index (χ3v) is 2.05. The van der Waals surface area contributed by atoms with Crippen LogP contribution < -0.4 is 0 Å². The molecular weight excluding hydrogens is 120 g/mol. The van der Waals surface area contributed by atoms with Crippen LogP contribution in [0, 0.1) is 5.92 Å². The van der Waals surface area contributed by atoms with Gasteiger partial charge in [0.25, 0.3) is 0 Å². The third-order valence-electron chi connectivity index (χ3n) is 2.05. The summed E-state index contributed by atoms with van der Waals surface area (Å²) in [7, 11) is 0. The summed E-state index contributed by atoms with van der Waals surface area (Å²) in [5.74, 6) is 1.10. The van der Waals surface area contributed by atoms with Crippen molar-refractivity contribution in [2.24, 2.45) is 5.92 Å². The zero-order chi connectivity index (χ0) is 7.82. The highest BCUT2D eigenvalue weighted by Crippen LogP contribution is 2.26. The second kappa shape index (κ2) is 7.11. The van der Waals surface area contributed by atoms with Gasteiger partial charge in [0, 0.05) is 0 Å². The van der Waals surface area contributed by atoms with Crippen LogP contribution in [0.5, 0.6) is 0 Å². The molecule has 1 aliphatic rings. The summed E-state index contributed by atoms with van der Waals surface area (Å²) in [4.78, 5) is 0. The van der Waals surface area contributed by atoms with Gasteiger partial charge in [0.05, 0.1) is 0 Å². The summed E-state index contributed by atoms with van der Waals surface area (Å²) in [6.07, 6.45) is 8.68. The van der Waals surface area contributed by atoms with E-state index in [2.05, 4.69) is 20.8 Å². The fourth-order valence-electron chi connectivity index (χ4n) is 1.42. The molecule has 0 aliphatic heterocycles. The zero-order valence-corrected chi connectivity index (χ0v) is 7.82. The van der Waals surface area contributed by atoms with Gasteiger partial charge >= 0.3 is 0 Å². The summed E-state index contributed by atoms with van der Waals surface area (Å²) in [6, 6.07) is 0. The second-order valence-corrected chi connectivity index (χ2v) is 3.27. The fraction of sp³-hybridized carbons (Fsp3) is 1.00. The normalized spacial score (nSPS) is 18.3. The Labute approximate surface area is 66.0 Å². The monoisotopic (exact) mass is 142 g/mol. The van der Waals surface area contributed by atoms with Crippen molar-refractivity contribution in [3.63, 3.8) is 0 Å². The topological polar surface area (TPSA) is 0 Å². The quantitative estimate of drug-likeness (QED) is 0.519. The Morgan fingerprint density at radius 2 is 1.40 bits per heavy atom. The maximum absolute atomic E-state index is 2.30. The largest absolute Gasteiger partial charge is 0.0656 e. The molecule has 0 unspecified atom stereocenters. The molecule has 0 heteroatoms. The molecule has 1 aliphatic carbocycles. The third kappa shape index (κ3) is 4.84. The minimum Gasteiger partial charge on any atom is -0.0656 e. The van der Waals surface area contributed by atoms with Crippen LogP contribution in [0.25, 0.3) is 0 Å². The molecule has 0 atom stereocenters. The molecule has 0 spiro atoms. The lowest BCUT2D eigenvalue weighted by Gasteiger charge is -1.99. The molecule has 0 bridgehead atoms. The van der Waals surface area contributed by atoms with E-state index in [1.165, 1.54) is 38.5 Å². The number of rotatable bonds is 1. The van der Waals surface area contributed by atoms with E-state index in [4.69, 9.17) is 0 Å². The highest BCUT2D eigenvalue weighted by molar-refractivity contribution is 4.64. The second-order valence-electron chi connectivity index (χ2n) is 3.27. The van der Waals surface area contributed by atoms with E-state index in [0.717, 1.165) is 5.92 Å². The Hall–Kier alpha value is 0. The van der Waals surface area contributed by atoms with E-state index < -0.39 is 0 Å². The van der Waals surface area contributed by atoms with E-state index in [1.807, 2.05) is 0 Å². The van der Waals surface area contributed by atoms with Gasteiger partial charge in [-0.1, -0.05) is 59.3 Å². The molecular formula is C10H22. The first kappa shape index (κ1) is 10.0. The van der Waals surface area contributed by atoms with Crippen molar-refractivity contribution in [1.29, 1.82) is 0 Å². The average molecular weight is 142 g/mol. The van der Waals surface area contributed by atoms with Gasteiger partial charge in [-0.05, 0) is 5.92 Å². The molecule has 1 saturated carbocycles. The van der Waals surface area contributed by atoms with Crippen molar-refractivity contribution in [1.82, 2.24) is 0 Å². The predicted molar refractivity (Wildman–Crippen MR) is 48.2 cm³/mol. The van der Waals surface area contributed by atoms with Crippen molar-refractivity contribution in [2.75, 3.05) is 0 Å². The smallest absolute Gasteiger partial charge is 0.0417 e. The molecule has 10 heavy (non-hydrogen) atoms. The van der Waals surface area contributed by atoms with Gasteiger partial charge in [0.2, 0.25) is 0 Å². The highest BCUT2D eigenvalue weighted by Gasteiger charge is 2.11. The van der Waals surface area contributed by atoms with Gasteiger partial charge in [-0.15, -0.1) is 0 Å². The van der Waals surface area contributed by atoms with E-state index >= 15 is 0 Å². The number of hydrogen-bond donors (Lipinski definition) is 0. The summed E-state index contributed by atoms with van der Waals surface area (Å²) in [5, 5.41) is 0.